The van der Waals surface area contributed by atoms with E-state index in [1.807, 2.05) is 12.1 Å². The zero-order chi connectivity index (χ0) is 31.1. The molecule has 0 aromatic heterocycles. The maximum Gasteiger partial charge on any atom is 0.335 e. The van der Waals surface area contributed by atoms with E-state index in [1.165, 1.54) is 11.1 Å². The molecule has 1 spiro atoms. The maximum atomic E-state index is 12.1. The number of rotatable bonds is 8. The summed E-state index contributed by atoms with van der Waals surface area (Å²) in [7, 11) is -3.66. The van der Waals surface area contributed by atoms with Gasteiger partial charge in [0.05, 0.1) is 35.8 Å². The monoisotopic (exact) mass is 644 g/mol. The Morgan fingerprint density at radius 2 is 2.02 bits per heavy atom. The molecule has 2 aliphatic carbocycles. The van der Waals surface area contributed by atoms with E-state index in [1.54, 1.807) is 24.3 Å². The number of benzene rings is 2. The van der Waals surface area contributed by atoms with Gasteiger partial charge in [-0.3, -0.25) is 0 Å². The number of sulfonamides is 1. The van der Waals surface area contributed by atoms with Gasteiger partial charge >= 0.3 is 5.97 Å². The lowest BCUT2D eigenvalue weighted by molar-refractivity contribution is 0.0446. The second-order valence-corrected chi connectivity index (χ2v) is 15.2. The lowest BCUT2D eigenvalue weighted by atomic mass is 9.68. The van der Waals surface area contributed by atoms with Crippen LogP contribution >= 0.6 is 11.6 Å². The van der Waals surface area contributed by atoms with Crippen LogP contribution in [0.5, 0.6) is 5.75 Å². The maximum absolute atomic E-state index is 12.1. The van der Waals surface area contributed by atoms with Gasteiger partial charge in [-0.2, -0.15) is 0 Å². The Morgan fingerprint density at radius 1 is 1.18 bits per heavy atom. The lowest BCUT2D eigenvalue weighted by Gasteiger charge is -2.45. The van der Waals surface area contributed by atoms with Crippen molar-refractivity contribution >= 4 is 33.3 Å². The Hall–Kier alpha value is -2.63. The van der Waals surface area contributed by atoms with Gasteiger partial charge in [-0.05, 0) is 98.2 Å². The fourth-order valence-corrected chi connectivity index (χ4v) is 9.11. The number of hydrogen-bond donors (Lipinski definition) is 3. The second-order valence-electron chi connectivity index (χ2n) is 13.0. The van der Waals surface area contributed by atoms with Crippen LogP contribution in [-0.2, 0) is 26.6 Å². The highest BCUT2D eigenvalue weighted by Crippen LogP contribution is 2.46. The van der Waals surface area contributed by atoms with Gasteiger partial charge in [-0.25, -0.2) is 18.4 Å². The molecule has 1 saturated heterocycles. The molecule has 6 atom stereocenters. The van der Waals surface area contributed by atoms with E-state index in [2.05, 4.69) is 17.0 Å². The molecule has 6 rings (SSSR count). The molecule has 2 aromatic rings. The van der Waals surface area contributed by atoms with E-state index in [0.717, 1.165) is 42.8 Å². The van der Waals surface area contributed by atoms with Crippen LogP contribution in [0.2, 0.25) is 5.02 Å². The Labute approximate surface area is 264 Å². The zero-order valence-electron chi connectivity index (χ0n) is 24.7. The van der Waals surface area contributed by atoms with Gasteiger partial charge in [-0.15, -0.1) is 0 Å². The molecule has 0 radical (unpaired) electrons. The molecule has 9 nitrogen and oxygen atoms in total. The summed E-state index contributed by atoms with van der Waals surface area (Å²) in [5.41, 5.74) is 3.17. The van der Waals surface area contributed by atoms with Gasteiger partial charge < -0.3 is 24.6 Å². The van der Waals surface area contributed by atoms with E-state index in [0.29, 0.717) is 51.5 Å². The van der Waals surface area contributed by atoms with Crippen LogP contribution in [0, 0.1) is 17.8 Å². The fourth-order valence-electron chi connectivity index (χ4n) is 7.77. The molecule has 4 aliphatic rings. The standard InChI is InChI=1S/C33H41ClN2O7S/c34-25-8-10-27-21(15-25)4-2-13-33(27)19-36(28-16-22(32(38)39)7-11-30(28)43-20-33)17-23-6-9-26(23)29(37)5-1-3-24-18-42-14-12-31(24)44(35,40)41/h1,5,7-8,10-11,15-16,23-24,26,29,31,37H,2-4,6,9,12-14,17-20H2,(H,38,39)(H2,35,40,41)/b5-1+/t23-,24+,26+,29?,31+,33-/m0/s1. The summed E-state index contributed by atoms with van der Waals surface area (Å²) in [5, 5.41) is 26.5. The zero-order valence-corrected chi connectivity index (χ0v) is 26.3. The third kappa shape index (κ3) is 6.37. The molecule has 0 bridgehead atoms. The van der Waals surface area contributed by atoms with Gasteiger partial charge in [0.1, 0.15) is 5.75 Å². The Kier molecular flexibility index (Phi) is 9.01. The van der Waals surface area contributed by atoms with Crippen LogP contribution in [0.1, 0.15) is 60.0 Å². The first-order valence-corrected chi connectivity index (χ1v) is 17.5. The lowest BCUT2D eigenvalue weighted by Crippen LogP contribution is -2.49. The smallest absolute Gasteiger partial charge is 0.335 e. The van der Waals surface area contributed by atoms with Gasteiger partial charge in [-0.1, -0.05) is 29.8 Å². The number of carboxylic acid groups (broad SMARTS) is 1. The number of fused-ring (bicyclic) bond motifs is 3. The number of nitrogens with two attached hydrogens (primary N) is 1. The minimum absolute atomic E-state index is 0.0339. The summed E-state index contributed by atoms with van der Waals surface area (Å²) >= 11 is 6.37. The number of carbonyl (C=O) groups is 1. The van der Waals surface area contributed by atoms with Crippen molar-refractivity contribution in [1.29, 1.82) is 0 Å². The van der Waals surface area contributed by atoms with Crippen LogP contribution in [-0.4, -0.2) is 68.9 Å². The van der Waals surface area contributed by atoms with Crippen molar-refractivity contribution in [3.05, 3.63) is 70.3 Å². The predicted molar refractivity (Wildman–Crippen MR) is 169 cm³/mol. The summed E-state index contributed by atoms with van der Waals surface area (Å²) in [6.07, 6.45) is 8.57. The van der Waals surface area contributed by atoms with Crippen molar-refractivity contribution in [3.8, 4) is 5.75 Å². The van der Waals surface area contributed by atoms with Gasteiger partial charge in [0.2, 0.25) is 10.0 Å². The van der Waals surface area contributed by atoms with Crippen molar-refractivity contribution in [2.24, 2.45) is 22.9 Å². The number of halogens is 1. The number of anilines is 1. The molecule has 4 N–H and O–H groups in total. The molecule has 1 unspecified atom stereocenters. The molecule has 11 heteroatoms. The summed E-state index contributed by atoms with van der Waals surface area (Å²) < 4.78 is 36.1. The Bertz CT molecular complexity index is 1530. The number of nitrogens with zero attached hydrogens (tertiary/aromatic N) is 1. The number of aryl methyl sites for hydroxylation is 1. The highest BCUT2D eigenvalue weighted by molar-refractivity contribution is 7.89. The summed E-state index contributed by atoms with van der Waals surface area (Å²) in [6, 6.07) is 11.2. The number of hydrogen-bond acceptors (Lipinski definition) is 7. The van der Waals surface area contributed by atoms with Gasteiger partial charge in [0.15, 0.2) is 0 Å². The molecule has 2 aromatic carbocycles. The third-order valence-electron chi connectivity index (χ3n) is 10.3. The Morgan fingerprint density at radius 3 is 2.77 bits per heavy atom. The number of aromatic carboxylic acids is 1. The predicted octanol–water partition coefficient (Wildman–Crippen LogP) is 4.54. The fraction of sp³-hybridized carbons (Fsp3) is 0.545. The van der Waals surface area contributed by atoms with Crippen LogP contribution in [0.25, 0.3) is 0 Å². The van der Waals surface area contributed by atoms with Crippen molar-refractivity contribution < 1.29 is 32.9 Å². The van der Waals surface area contributed by atoms with Crippen molar-refractivity contribution in [2.75, 3.05) is 37.8 Å². The molecule has 1 saturated carbocycles. The number of allylic oxidation sites excluding steroid dienone is 1. The van der Waals surface area contributed by atoms with E-state index in [9.17, 15) is 23.4 Å². The van der Waals surface area contributed by atoms with Gasteiger partial charge in [0.25, 0.3) is 0 Å². The van der Waals surface area contributed by atoms with Crippen LogP contribution in [0.4, 0.5) is 5.69 Å². The van der Waals surface area contributed by atoms with E-state index >= 15 is 0 Å². The summed E-state index contributed by atoms with van der Waals surface area (Å²) in [5.74, 6) is -0.329. The molecular formula is C33H41ClN2O7S. The first kappa shape index (κ1) is 31.4. The van der Waals surface area contributed by atoms with E-state index in [4.69, 9.17) is 26.2 Å². The van der Waals surface area contributed by atoms with E-state index < -0.39 is 27.3 Å². The average molecular weight is 645 g/mol. The first-order chi connectivity index (χ1) is 21.0. The number of ether oxygens (including phenoxy) is 2. The average Bonchev–Trinajstić information content (AvgIpc) is 3.12. The number of aliphatic hydroxyl groups is 1. The molecular weight excluding hydrogens is 604 g/mol. The molecule has 2 fully saturated rings. The van der Waals surface area contributed by atoms with Crippen molar-refractivity contribution in [3.63, 3.8) is 0 Å². The van der Waals surface area contributed by atoms with Gasteiger partial charge in [0, 0.05) is 36.1 Å². The van der Waals surface area contributed by atoms with Crippen LogP contribution in [0.15, 0.2) is 48.6 Å². The number of aliphatic hydroxyl groups excluding tert-OH is 1. The molecule has 0 amide bonds. The number of primary sulfonamides is 1. The van der Waals surface area contributed by atoms with E-state index in [-0.39, 0.29) is 28.7 Å². The highest BCUT2D eigenvalue weighted by atomic mass is 35.5. The quantitative estimate of drug-likeness (QED) is 0.356. The topological polar surface area (TPSA) is 139 Å². The van der Waals surface area contributed by atoms with Crippen molar-refractivity contribution in [2.45, 2.75) is 61.7 Å². The van der Waals surface area contributed by atoms with Crippen molar-refractivity contribution in [1.82, 2.24) is 0 Å². The largest absolute Gasteiger partial charge is 0.490 e. The second kappa shape index (κ2) is 12.6. The minimum Gasteiger partial charge on any atom is -0.490 e. The molecule has 2 heterocycles. The molecule has 238 valence electrons. The summed E-state index contributed by atoms with van der Waals surface area (Å²) in [6.45, 7) is 2.53. The SMILES string of the molecule is NS(=O)(=O)[C@@H]1CCOC[C@H]1C/C=C/C(O)[C@@H]1CC[C@H]1CN1C[C@@]2(CCCc3cc(Cl)ccc32)COc2ccc(C(=O)O)cc21. The Balaban J connectivity index is 1.22. The third-order valence-corrected chi connectivity index (χ3v) is 12.0. The summed E-state index contributed by atoms with van der Waals surface area (Å²) in [4.78, 5) is 14.2. The number of carboxylic acids is 1. The van der Waals surface area contributed by atoms with Crippen LogP contribution < -0.4 is 14.8 Å². The minimum atomic E-state index is -3.66. The molecule has 44 heavy (non-hydrogen) atoms. The van der Waals surface area contributed by atoms with Crippen LogP contribution in [0.3, 0.4) is 0 Å². The first-order valence-electron chi connectivity index (χ1n) is 15.5. The highest BCUT2D eigenvalue weighted by Gasteiger charge is 2.44. The normalized spacial score (nSPS) is 29.3. The molecule has 2 aliphatic heterocycles.